The molecule has 1 aliphatic heterocycles. The number of carbonyl (C=O) groups is 1. The molecule has 0 bridgehead atoms. The minimum atomic E-state index is -0.622. The van der Waals surface area contributed by atoms with Crippen molar-refractivity contribution in [3.63, 3.8) is 0 Å². The van der Waals surface area contributed by atoms with Crippen LogP contribution in [0.15, 0.2) is 12.3 Å². The van der Waals surface area contributed by atoms with Crippen LogP contribution in [-0.4, -0.2) is 45.0 Å². The molecular weight excluding hydrogens is 286 g/mol. The molecule has 0 radical (unpaired) electrons. The standard InChI is InChI=1S/C12H14ClN3O4/c1-7(17)8-2-3-15(6-8)12(18)10-4-9(16(19)20)5-14-11(10)13/h4-5,7-8,17H,2-3,6H2,1H3. The van der Waals surface area contributed by atoms with Crippen LogP contribution in [0.3, 0.4) is 0 Å². The smallest absolute Gasteiger partial charge is 0.288 e. The largest absolute Gasteiger partial charge is 0.393 e. The molecule has 0 aliphatic carbocycles. The highest BCUT2D eigenvalue weighted by atomic mass is 35.5. The van der Waals surface area contributed by atoms with E-state index in [9.17, 15) is 20.0 Å². The molecule has 1 amide bonds. The van der Waals surface area contributed by atoms with Crippen LogP contribution in [0.25, 0.3) is 0 Å². The Morgan fingerprint density at radius 2 is 2.40 bits per heavy atom. The number of aromatic nitrogens is 1. The fourth-order valence-electron chi connectivity index (χ4n) is 2.22. The van der Waals surface area contributed by atoms with E-state index in [4.69, 9.17) is 11.6 Å². The molecule has 2 rings (SSSR count). The molecule has 1 N–H and O–H groups in total. The number of rotatable bonds is 3. The average Bonchev–Trinajstić information content (AvgIpc) is 2.88. The van der Waals surface area contributed by atoms with Crippen molar-refractivity contribution in [3.8, 4) is 0 Å². The van der Waals surface area contributed by atoms with Crippen LogP contribution in [0.1, 0.15) is 23.7 Å². The number of halogens is 1. The van der Waals surface area contributed by atoms with Gasteiger partial charge in [-0.25, -0.2) is 4.98 Å². The molecule has 1 aromatic heterocycles. The zero-order valence-corrected chi connectivity index (χ0v) is 11.6. The van der Waals surface area contributed by atoms with E-state index in [-0.39, 0.29) is 22.3 Å². The highest BCUT2D eigenvalue weighted by molar-refractivity contribution is 6.32. The molecule has 0 saturated carbocycles. The maximum Gasteiger partial charge on any atom is 0.288 e. The van der Waals surface area contributed by atoms with Gasteiger partial charge in [0.1, 0.15) is 11.3 Å². The molecule has 0 aromatic carbocycles. The van der Waals surface area contributed by atoms with Crippen molar-refractivity contribution >= 4 is 23.2 Å². The number of aliphatic hydroxyl groups excluding tert-OH is 1. The monoisotopic (exact) mass is 299 g/mol. The van der Waals surface area contributed by atoms with E-state index in [1.54, 1.807) is 6.92 Å². The summed E-state index contributed by atoms with van der Waals surface area (Å²) in [5.41, 5.74) is -0.254. The van der Waals surface area contributed by atoms with Crippen molar-refractivity contribution in [2.75, 3.05) is 13.1 Å². The summed E-state index contributed by atoms with van der Waals surface area (Å²) in [7, 11) is 0. The number of nitro groups is 1. The van der Waals surface area contributed by atoms with Gasteiger partial charge < -0.3 is 10.0 Å². The fourth-order valence-corrected chi connectivity index (χ4v) is 2.41. The lowest BCUT2D eigenvalue weighted by atomic mass is 10.0. The quantitative estimate of drug-likeness (QED) is 0.518. The molecule has 108 valence electrons. The van der Waals surface area contributed by atoms with Crippen LogP contribution in [-0.2, 0) is 0 Å². The van der Waals surface area contributed by atoms with Crippen LogP contribution in [0, 0.1) is 16.0 Å². The first-order valence-electron chi connectivity index (χ1n) is 6.17. The average molecular weight is 300 g/mol. The number of nitrogens with zero attached hydrogens (tertiary/aromatic N) is 3. The summed E-state index contributed by atoms with van der Waals surface area (Å²) in [6.45, 7) is 2.59. The van der Waals surface area contributed by atoms with Gasteiger partial charge in [0, 0.05) is 25.1 Å². The topological polar surface area (TPSA) is 96.6 Å². The Morgan fingerprint density at radius 1 is 1.70 bits per heavy atom. The van der Waals surface area contributed by atoms with E-state index in [0.717, 1.165) is 12.3 Å². The lowest BCUT2D eigenvalue weighted by molar-refractivity contribution is -0.385. The van der Waals surface area contributed by atoms with Gasteiger partial charge >= 0.3 is 0 Å². The van der Waals surface area contributed by atoms with E-state index in [1.807, 2.05) is 0 Å². The maximum absolute atomic E-state index is 12.3. The number of carbonyl (C=O) groups excluding carboxylic acids is 1. The van der Waals surface area contributed by atoms with Gasteiger partial charge in [0.15, 0.2) is 0 Å². The molecule has 2 unspecified atom stereocenters. The molecule has 1 saturated heterocycles. The van der Waals surface area contributed by atoms with Gasteiger partial charge in [-0.15, -0.1) is 0 Å². The van der Waals surface area contributed by atoms with Crippen molar-refractivity contribution in [1.29, 1.82) is 0 Å². The molecule has 0 spiro atoms. The van der Waals surface area contributed by atoms with E-state index < -0.39 is 16.9 Å². The summed E-state index contributed by atoms with van der Waals surface area (Å²) in [6.07, 6.45) is 1.22. The van der Waals surface area contributed by atoms with Crippen LogP contribution in [0.2, 0.25) is 5.15 Å². The molecule has 2 heterocycles. The summed E-state index contributed by atoms with van der Waals surface area (Å²) in [5.74, 6) is -0.376. The van der Waals surface area contributed by atoms with Crippen LogP contribution < -0.4 is 0 Å². The summed E-state index contributed by atoms with van der Waals surface area (Å²) in [6, 6.07) is 1.13. The molecule has 1 aromatic rings. The molecule has 1 fully saturated rings. The summed E-state index contributed by atoms with van der Waals surface area (Å²) in [4.78, 5) is 27.6. The van der Waals surface area contributed by atoms with Gasteiger partial charge in [-0.2, -0.15) is 0 Å². The molecule has 20 heavy (non-hydrogen) atoms. The highest BCUT2D eigenvalue weighted by Gasteiger charge is 2.31. The summed E-state index contributed by atoms with van der Waals surface area (Å²) < 4.78 is 0. The van der Waals surface area contributed by atoms with Gasteiger partial charge in [0.2, 0.25) is 0 Å². The molecular formula is C12H14ClN3O4. The summed E-state index contributed by atoms with van der Waals surface area (Å²) >= 11 is 5.84. The van der Waals surface area contributed by atoms with Crippen molar-refractivity contribution in [2.24, 2.45) is 5.92 Å². The zero-order chi connectivity index (χ0) is 14.9. The van der Waals surface area contributed by atoms with Crippen molar-refractivity contribution in [3.05, 3.63) is 33.1 Å². The third-order valence-electron chi connectivity index (χ3n) is 3.46. The van der Waals surface area contributed by atoms with Crippen LogP contribution >= 0.6 is 11.6 Å². The number of aliphatic hydroxyl groups is 1. The normalized spacial score (nSPS) is 19.9. The van der Waals surface area contributed by atoms with Gasteiger partial charge in [-0.1, -0.05) is 11.6 Å². The highest BCUT2D eigenvalue weighted by Crippen LogP contribution is 2.25. The molecule has 2 atom stereocenters. The lowest BCUT2D eigenvalue weighted by Crippen LogP contribution is -2.30. The van der Waals surface area contributed by atoms with E-state index >= 15 is 0 Å². The predicted molar refractivity (Wildman–Crippen MR) is 71.6 cm³/mol. The summed E-state index contributed by atoms with van der Waals surface area (Å²) in [5, 5.41) is 20.2. The third kappa shape index (κ3) is 2.88. The first-order valence-corrected chi connectivity index (χ1v) is 6.55. The van der Waals surface area contributed by atoms with Crippen molar-refractivity contribution in [1.82, 2.24) is 9.88 Å². The first kappa shape index (κ1) is 14.7. The van der Waals surface area contributed by atoms with Crippen molar-refractivity contribution < 1.29 is 14.8 Å². The minimum Gasteiger partial charge on any atom is -0.393 e. The Balaban J connectivity index is 2.21. The van der Waals surface area contributed by atoms with Gasteiger partial charge in [-0.05, 0) is 13.3 Å². The molecule has 8 heteroatoms. The second-order valence-electron chi connectivity index (χ2n) is 4.83. The Hall–Kier alpha value is -1.73. The van der Waals surface area contributed by atoms with Crippen molar-refractivity contribution in [2.45, 2.75) is 19.4 Å². The Labute approximate surface area is 120 Å². The molecule has 7 nitrogen and oxygen atoms in total. The minimum absolute atomic E-state index is 0.0179. The maximum atomic E-state index is 12.3. The lowest BCUT2D eigenvalue weighted by Gasteiger charge is -2.18. The number of hydrogen-bond donors (Lipinski definition) is 1. The van der Waals surface area contributed by atoms with Gasteiger partial charge in [-0.3, -0.25) is 14.9 Å². The Bertz CT molecular complexity index is 550. The number of pyridine rings is 1. The number of likely N-dealkylation sites (tertiary alicyclic amines) is 1. The van der Waals surface area contributed by atoms with E-state index in [1.165, 1.54) is 4.90 Å². The number of hydrogen-bond acceptors (Lipinski definition) is 5. The van der Waals surface area contributed by atoms with Crippen LogP contribution in [0.4, 0.5) is 5.69 Å². The van der Waals surface area contributed by atoms with Gasteiger partial charge in [0.05, 0.1) is 16.6 Å². The fraction of sp³-hybridized carbons (Fsp3) is 0.500. The zero-order valence-electron chi connectivity index (χ0n) is 10.8. The second-order valence-corrected chi connectivity index (χ2v) is 5.19. The Kier molecular flexibility index (Phi) is 4.20. The predicted octanol–water partition coefficient (Wildman–Crippen LogP) is 1.49. The Morgan fingerprint density at radius 3 is 2.95 bits per heavy atom. The first-order chi connectivity index (χ1) is 9.40. The SMILES string of the molecule is CC(O)C1CCN(C(=O)c2cc([N+](=O)[O-])cnc2Cl)C1. The molecule has 1 aliphatic rings. The third-order valence-corrected chi connectivity index (χ3v) is 3.76. The van der Waals surface area contributed by atoms with Gasteiger partial charge in [0.25, 0.3) is 11.6 Å². The second kappa shape index (κ2) is 5.72. The number of amides is 1. The van der Waals surface area contributed by atoms with E-state index in [0.29, 0.717) is 19.5 Å². The van der Waals surface area contributed by atoms with Crippen LogP contribution in [0.5, 0.6) is 0 Å². The van der Waals surface area contributed by atoms with E-state index in [2.05, 4.69) is 4.98 Å².